The van der Waals surface area contributed by atoms with Crippen molar-refractivity contribution in [3.63, 3.8) is 0 Å². The molecule has 2 heteroatoms. The zero-order chi connectivity index (χ0) is 9.31. The standard InChI is InChI=1S/C11H21NO/c1-9-6-11(7-9,8-12)10-2-4-13-5-3-10/h9-10H,2-8,12H2,1H3. The lowest BCUT2D eigenvalue weighted by Gasteiger charge is -2.52. The molecule has 0 aromatic heterocycles. The summed E-state index contributed by atoms with van der Waals surface area (Å²) in [7, 11) is 0. The van der Waals surface area contributed by atoms with Gasteiger partial charge in [0.25, 0.3) is 0 Å². The van der Waals surface area contributed by atoms with E-state index in [9.17, 15) is 0 Å². The lowest BCUT2D eigenvalue weighted by molar-refractivity contribution is -0.0500. The molecule has 1 saturated heterocycles. The fourth-order valence-electron chi connectivity index (χ4n) is 3.30. The molecule has 76 valence electrons. The summed E-state index contributed by atoms with van der Waals surface area (Å²) in [6.07, 6.45) is 5.19. The number of hydrogen-bond acceptors (Lipinski definition) is 2. The largest absolute Gasteiger partial charge is 0.381 e. The van der Waals surface area contributed by atoms with Crippen molar-refractivity contribution in [2.24, 2.45) is 23.0 Å². The van der Waals surface area contributed by atoms with Gasteiger partial charge in [-0.15, -0.1) is 0 Å². The lowest BCUT2D eigenvalue weighted by atomic mass is 9.55. The molecular formula is C11H21NO. The number of ether oxygens (including phenoxy) is 1. The van der Waals surface area contributed by atoms with E-state index in [1.54, 1.807) is 0 Å². The molecule has 0 radical (unpaired) electrons. The van der Waals surface area contributed by atoms with Gasteiger partial charge in [0.1, 0.15) is 0 Å². The van der Waals surface area contributed by atoms with Gasteiger partial charge in [-0.2, -0.15) is 0 Å². The van der Waals surface area contributed by atoms with E-state index in [2.05, 4.69) is 6.92 Å². The first-order valence-electron chi connectivity index (χ1n) is 5.55. The fourth-order valence-corrected chi connectivity index (χ4v) is 3.30. The van der Waals surface area contributed by atoms with Gasteiger partial charge < -0.3 is 10.5 Å². The second-order valence-electron chi connectivity index (χ2n) is 4.97. The van der Waals surface area contributed by atoms with Crippen LogP contribution in [0.25, 0.3) is 0 Å². The maximum Gasteiger partial charge on any atom is 0.0468 e. The Morgan fingerprint density at radius 2 is 1.92 bits per heavy atom. The number of hydrogen-bond donors (Lipinski definition) is 1. The van der Waals surface area contributed by atoms with Gasteiger partial charge in [-0.3, -0.25) is 0 Å². The molecule has 0 bridgehead atoms. The Morgan fingerprint density at radius 3 is 2.38 bits per heavy atom. The van der Waals surface area contributed by atoms with Crippen LogP contribution in [0.15, 0.2) is 0 Å². The van der Waals surface area contributed by atoms with E-state index in [4.69, 9.17) is 10.5 Å². The molecule has 0 atom stereocenters. The van der Waals surface area contributed by atoms with Crippen LogP contribution in [0.1, 0.15) is 32.6 Å². The summed E-state index contributed by atoms with van der Waals surface area (Å²) >= 11 is 0. The average Bonchev–Trinajstić information content (AvgIpc) is 2.14. The predicted octanol–water partition coefficient (Wildman–Crippen LogP) is 1.79. The van der Waals surface area contributed by atoms with Crippen molar-refractivity contribution in [2.45, 2.75) is 32.6 Å². The second-order valence-corrected chi connectivity index (χ2v) is 4.97. The molecule has 2 fully saturated rings. The molecule has 0 spiro atoms. The maximum absolute atomic E-state index is 5.92. The van der Waals surface area contributed by atoms with E-state index in [0.717, 1.165) is 31.6 Å². The van der Waals surface area contributed by atoms with Crippen molar-refractivity contribution < 1.29 is 4.74 Å². The lowest BCUT2D eigenvalue weighted by Crippen LogP contribution is -2.49. The van der Waals surface area contributed by atoms with Crippen molar-refractivity contribution in [2.75, 3.05) is 19.8 Å². The first-order chi connectivity index (χ1) is 6.27. The molecule has 2 nitrogen and oxygen atoms in total. The van der Waals surface area contributed by atoms with Crippen molar-refractivity contribution in [1.82, 2.24) is 0 Å². The molecule has 1 saturated carbocycles. The Labute approximate surface area is 80.8 Å². The molecule has 1 aliphatic heterocycles. The van der Waals surface area contributed by atoms with Crippen LogP contribution in [0.3, 0.4) is 0 Å². The number of rotatable bonds is 2. The minimum atomic E-state index is 0.503. The van der Waals surface area contributed by atoms with Gasteiger partial charge >= 0.3 is 0 Å². The SMILES string of the molecule is CC1CC(CN)(C2CCOCC2)C1. The van der Waals surface area contributed by atoms with Crippen molar-refractivity contribution >= 4 is 0 Å². The third kappa shape index (κ3) is 1.62. The molecule has 1 heterocycles. The molecule has 0 aromatic rings. The topological polar surface area (TPSA) is 35.2 Å². The molecule has 2 aliphatic rings. The summed E-state index contributed by atoms with van der Waals surface area (Å²) in [4.78, 5) is 0. The summed E-state index contributed by atoms with van der Waals surface area (Å²) in [6.45, 7) is 5.15. The second kappa shape index (κ2) is 3.58. The first-order valence-corrected chi connectivity index (χ1v) is 5.55. The Balaban J connectivity index is 1.95. The van der Waals surface area contributed by atoms with Gasteiger partial charge in [0.15, 0.2) is 0 Å². The van der Waals surface area contributed by atoms with Crippen LogP contribution >= 0.6 is 0 Å². The van der Waals surface area contributed by atoms with Crippen LogP contribution in [-0.2, 0) is 4.74 Å². The Bertz CT molecular complexity index is 169. The van der Waals surface area contributed by atoms with Crippen LogP contribution in [0.5, 0.6) is 0 Å². The summed E-state index contributed by atoms with van der Waals surface area (Å²) in [5, 5.41) is 0. The highest BCUT2D eigenvalue weighted by molar-refractivity contribution is 4.97. The Kier molecular flexibility index (Phi) is 2.61. The molecule has 0 aromatic carbocycles. The zero-order valence-corrected chi connectivity index (χ0v) is 8.59. The Morgan fingerprint density at radius 1 is 1.31 bits per heavy atom. The van der Waals surface area contributed by atoms with Crippen molar-refractivity contribution in [1.29, 1.82) is 0 Å². The highest BCUT2D eigenvalue weighted by atomic mass is 16.5. The van der Waals surface area contributed by atoms with Gasteiger partial charge in [0.2, 0.25) is 0 Å². The summed E-state index contributed by atoms with van der Waals surface area (Å²) in [6, 6.07) is 0. The minimum Gasteiger partial charge on any atom is -0.381 e. The first kappa shape index (κ1) is 9.47. The van der Waals surface area contributed by atoms with E-state index in [1.165, 1.54) is 25.7 Å². The van der Waals surface area contributed by atoms with Gasteiger partial charge in [-0.05, 0) is 49.5 Å². The van der Waals surface area contributed by atoms with E-state index < -0.39 is 0 Å². The van der Waals surface area contributed by atoms with E-state index >= 15 is 0 Å². The highest BCUT2D eigenvalue weighted by Crippen LogP contribution is 2.52. The van der Waals surface area contributed by atoms with E-state index in [1.807, 2.05) is 0 Å². The van der Waals surface area contributed by atoms with Gasteiger partial charge in [-0.25, -0.2) is 0 Å². The Hall–Kier alpha value is -0.0800. The zero-order valence-electron chi connectivity index (χ0n) is 8.59. The average molecular weight is 183 g/mol. The van der Waals surface area contributed by atoms with Crippen LogP contribution in [0, 0.1) is 17.3 Å². The number of nitrogens with two attached hydrogens (primary N) is 1. The van der Waals surface area contributed by atoms with Gasteiger partial charge in [0, 0.05) is 13.2 Å². The van der Waals surface area contributed by atoms with E-state index in [-0.39, 0.29) is 0 Å². The van der Waals surface area contributed by atoms with Gasteiger partial charge in [0.05, 0.1) is 0 Å². The third-order valence-corrected chi connectivity index (χ3v) is 4.00. The summed E-state index contributed by atoms with van der Waals surface area (Å²) in [5.74, 6) is 1.76. The molecular weight excluding hydrogens is 162 g/mol. The van der Waals surface area contributed by atoms with Crippen LogP contribution in [-0.4, -0.2) is 19.8 Å². The minimum absolute atomic E-state index is 0.503. The predicted molar refractivity (Wildman–Crippen MR) is 53.4 cm³/mol. The molecule has 0 unspecified atom stereocenters. The highest BCUT2D eigenvalue weighted by Gasteiger charge is 2.46. The summed E-state index contributed by atoms with van der Waals surface area (Å²) < 4.78 is 5.39. The molecule has 2 rings (SSSR count). The molecule has 2 N–H and O–H groups in total. The van der Waals surface area contributed by atoms with Crippen LogP contribution in [0.4, 0.5) is 0 Å². The molecule has 1 aliphatic carbocycles. The molecule has 13 heavy (non-hydrogen) atoms. The smallest absolute Gasteiger partial charge is 0.0468 e. The fraction of sp³-hybridized carbons (Fsp3) is 1.00. The van der Waals surface area contributed by atoms with Gasteiger partial charge in [-0.1, -0.05) is 6.92 Å². The van der Waals surface area contributed by atoms with Crippen LogP contribution < -0.4 is 5.73 Å². The normalized spacial score (nSPS) is 41.5. The van der Waals surface area contributed by atoms with Crippen molar-refractivity contribution in [3.05, 3.63) is 0 Å². The maximum atomic E-state index is 5.92. The molecule has 0 amide bonds. The quantitative estimate of drug-likeness (QED) is 0.708. The van der Waals surface area contributed by atoms with Crippen LogP contribution in [0.2, 0.25) is 0 Å². The summed E-state index contributed by atoms with van der Waals surface area (Å²) in [5.41, 5.74) is 6.42. The monoisotopic (exact) mass is 183 g/mol. The van der Waals surface area contributed by atoms with E-state index in [0.29, 0.717) is 5.41 Å². The van der Waals surface area contributed by atoms with Crippen molar-refractivity contribution in [3.8, 4) is 0 Å². The third-order valence-electron chi connectivity index (χ3n) is 4.00.